The van der Waals surface area contributed by atoms with Crippen LogP contribution in [0.5, 0.6) is 0 Å². The van der Waals surface area contributed by atoms with Gasteiger partial charge in [-0.2, -0.15) is 0 Å². The number of carbonyl (C=O) groups is 1. The summed E-state index contributed by atoms with van der Waals surface area (Å²) >= 11 is 0. The van der Waals surface area contributed by atoms with Gasteiger partial charge in [0.2, 0.25) is 5.91 Å². The Bertz CT molecular complexity index is 215. The van der Waals surface area contributed by atoms with Gasteiger partial charge in [-0.15, -0.1) is 0 Å². The number of hydrogen-bond donors (Lipinski definition) is 2. The Hall–Kier alpha value is -0.610. The van der Waals surface area contributed by atoms with Crippen LogP contribution < -0.4 is 11.1 Å². The summed E-state index contributed by atoms with van der Waals surface area (Å²) < 4.78 is 0. The first-order valence-electron chi connectivity index (χ1n) is 6.98. The average Bonchev–Trinajstić information content (AvgIpc) is 2.36. The second-order valence-corrected chi connectivity index (χ2v) is 4.82. The predicted octanol–water partition coefficient (Wildman–Crippen LogP) is 1.11. The molecule has 100 valence electrons. The van der Waals surface area contributed by atoms with Crippen LogP contribution in [0.1, 0.15) is 45.4 Å². The Morgan fingerprint density at radius 1 is 1.29 bits per heavy atom. The first-order valence-corrected chi connectivity index (χ1v) is 6.98. The van der Waals surface area contributed by atoms with Gasteiger partial charge in [-0.3, -0.25) is 9.69 Å². The Balaban J connectivity index is 2.33. The van der Waals surface area contributed by atoms with Gasteiger partial charge in [0.15, 0.2) is 0 Å². The van der Waals surface area contributed by atoms with Crippen molar-refractivity contribution in [3.05, 3.63) is 0 Å². The number of nitrogens with zero attached hydrogens (tertiary/aromatic N) is 1. The molecule has 0 saturated heterocycles. The van der Waals surface area contributed by atoms with E-state index < -0.39 is 0 Å². The maximum absolute atomic E-state index is 11.5. The Labute approximate surface area is 105 Å². The van der Waals surface area contributed by atoms with Crippen LogP contribution in [-0.2, 0) is 4.79 Å². The van der Waals surface area contributed by atoms with E-state index in [0.717, 1.165) is 19.6 Å². The van der Waals surface area contributed by atoms with Crippen molar-refractivity contribution in [3.8, 4) is 0 Å². The number of nitrogens with one attached hydrogen (secondary N) is 1. The van der Waals surface area contributed by atoms with Crippen molar-refractivity contribution >= 4 is 5.91 Å². The van der Waals surface area contributed by atoms with Crippen LogP contribution in [0.4, 0.5) is 0 Å². The normalized spacial score (nSPS) is 17.4. The summed E-state index contributed by atoms with van der Waals surface area (Å²) in [7, 11) is 0. The van der Waals surface area contributed by atoms with Gasteiger partial charge < -0.3 is 11.1 Å². The van der Waals surface area contributed by atoms with E-state index in [9.17, 15) is 4.79 Å². The molecule has 1 rings (SSSR count). The van der Waals surface area contributed by atoms with Crippen molar-refractivity contribution in [2.75, 3.05) is 26.2 Å². The molecular formula is C13H27N3O. The molecule has 0 bridgehead atoms. The summed E-state index contributed by atoms with van der Waals surface area (Å²) in [6, 6.07) is 0.654. The van der Waals surface area contributed by atoms with Gasteiger partial charge in [-0.1, -0.05) is 19.3 Å². The van der Waals surface area contributed by atoms with Crippen LogP contribution in [0.3, 0.4) is 0 Å². The molecule has 1 aliphatic carbocycles. The number of carbonyl (C=O) groups excluding carboxylic acids is 1. The molecule has 17 heavy (non-hydrogen) atoms. The van der Waals surface area contributed by atoms with E-state index >= 15 is 0 Å². The molecule has 0 aromatic rings. The Kier molecular flexibility index (Phi) is 7.21. The van der Waals surface area contributed by atoms with Crippen molar-refractivity contribution in [3.63, 3.8) is 0 Å². The van der Waals surface area contributed by atoms with Crippen LogP contribution in [0, 0.1) is 0 Å². The highest BCUT2D eigenvalue weighted by Gasteiger charge is 2.20. The number of amides is 1. The lowest BCUT2D eigenvalue weighted by Gasteiger charge is -2.33. The predicted molar refractivity (Wildman–Crippen MR) is 70.8 cm³/mol. The van der Waals surface area contributed by atoms with Gasteiger partial charge in [-0.25, -0.2) is 0 Å². The van der Waals surface area contributed by atoms with Crippen molar-refractivity contribution in [2.24, 2.45) is 5.73 Å². The van der Waals surface area contributed by atoms with Crippen molar-refractivity contribution in [1.29, 1.82) is 0 Å². The first kappa shape index (κ1) is 14.5. The molecule has 4 heteroatoms. The molecule has 0 heterocycles. The maximum Gasteiger partial charge on any atom is 0.221 e. The SMILES string of the molecule is CCNC(=O)CCN(CCN)C1CCCCC1. The molecule has 0 aliphatic heterocycles. The monoisotopic (exact) mass is 241 g/mol. The molecule has 3 N–H and O–H groups in total. The van der Waals surface area contributed by atoms with E-state index in [-0.39, 0.29) is 5.91 Å². The van der Waals surface area contributed by atoms with Gasteiger partial charge in [-0.05, 0) is 19.8 Å². The fraction of sp³-hybridized carbons (Fsp3) is 0.923. The van der Waals surface area contributed by atoms with Gasteiger partial charge in [0.05, 0.1) is 0 Å². The van der Waals surface area contributed by atoms with Crippen LogP contribution >= 0.6 is 0 Å². The zero-order valence-electron chi connectivity index (χ0n) is 11.1. The Morgan fingerprint density at radius 3 is 2.59 bits per heavy atom. The lowest BCUT2D eigenvalue weighted by atomic mass is 9.94. The molecule has 1 aliphatic rings. The molecule has 0 radical (unpaired) electrons. The first-order chi connectivity index (χ1) is 8.27. The molecule has 0 aromatic carbocycles. The van der Waals surface area contributed by atoms with E-state index in [1.807, 2.05) is 6.92 Å². The van der Waals surface area contributed by atoms with E-state index in [0.29, 0.717) is 19.0 Å². The van der Waals surface area contributed by atoms with E-state index in [1.165, 1.54) is 32.1 Å². The Morgan fingerprint density at radius 2 is 2.00 bits per heavy atom. The fourth-order valence-electron chi connectivity index (χ4n) is 2.62. The third-order valence-electron chi connectivity index (χ3n) is 3.51. The minimum atomic E-state index is 0.158. The topological polar surface area (TPSA) is 58.4 Å². The van der Waals surface area contributed by atoms with Gasteiger partial charge in [0.1, 0.15) is 0 Å². The molecule has 1 saturated carbocycles. The average molecular weight is 241 g/mol. The minimum absolute atomic E-state index is 0.158. The largest absolute Gasteiger partial charge is 0.356 e. The maximum atomic E-state index is 11.5. The lowest BCUT2D eigenvalue weighted by Crippen LogP contribution is -2.42. The highest BCUT2D eigenvalue weighted by molar-refractivity contribution is 5.75. The van der Waals surface area contributed by atoms with Crippen molar-refractivity contribution in [2.45, 2.75) is 51.5 Å². The van der Waals surface area contributed by atoms with Crippen molar-refractivity contribution < 1.29 is 4.79 Å². The number of rotatable bonds is 7. The zero-order chi connectivity index (χ0) is 12.5. The number of hydrogen-bond acceptors (Lipinski definition) is 3. The van der Waals surface area contributed by atoms with E-state index in [2.05, 4.69) is 10.2 Å². The summed E-state index contributed by atoms with van der Waals surface area (Å²) in [4.78, 5) is 13.9. The third-order valence-corrected chi connectivity index (χ3v) is 3.51. The van der Waals surface area contributed by atoms with Crippen LogP contribution in [0.2, 0.25) is 0 Å². The molecule has 1 fully saturated rings. The molecule has 4 nitrogen and oxygen atoms in total. The fourth-order valence-corrected chi connectivity index (χ4v) is 2.62. The summed E-state index contributed by atoms with van der Waals surface area (Å²) in [6.07, 6.45) is 7.16. The lowest BCUT2D eigenvalue weighted by molar-refractivity contribution is -0.121. The summed E-state index contributed by atoms with van der Waals surface area (Å²) in [5.74, 6) is 0.158. The summed E-state index contributed by atoms with van der Waals surface area (Å²) in [5.41, 5.74) is 5.66. The van der Waals surface area contributed by atoms with Crippen molar-refractivity contribution in [1.82, 2.24) is 10.2 Å². The van der Waals surface area contributed by atoms with Crippen LogP contribution in [-0.4, -0.2) is 43.0 Å². The molecule has 0 aromatic heterocycles. The third kappa shape index (κ3) is 5.50. The van der Waals surface area contributed by atoms with Gasteiger partial charge >= 0.3 is 0 Å². The molecule has 0 atom stereocenters. The summed E-state index contributed by atoms with van der Waals surface area (Å²) in [5, 5.41) is 2.85. The number of nitrogens with two attached hydrogens (primary N) is 1. The molecule has 0 unspecified atom stereocenters. The standard InChI is InChI=1S/C13H27N3O/c1-2-15-13(17)8-10-16(11-9-14)12-6-4-3-5-7-12/h12H,2-11,14H2,1H3,(H,15,17). The molecule has 0 spiro atoms. The minimum Gasteiger partial charge on any atom is -0.356 e. The second-order valence-electron chi connectivity index (χ2n) is 4.82. The molecule has 1 amide bonds. The smallest absolute Gasteiger partial charge is 0.221 e. The van der Waals surface area contributed by atoms with Crippen LogP contribution in [0.25, 0.3) is 0 Å². The summed E-state index contributed by atoms with van der Waals surface area (Å²) in [6.45, 7) is 5.14. The van der Waals surface area contributed by atoms with Gasteiger partial charge in [0, 0.05) is 38.6 Å². The second kappa shape index (κ2) is 8.48. The highest BCUT2D eigenvalue weighted by atomic mass is 16.1. The van der Waals surface area contributed by atoms with Gasteiger partial charge in [0.25, 0.3) is 0 Å². The van der Waals surface area contributed by atoms with E-state index in [1.54, 1.807) is 0 Å². The zero-order valence-corrected chi connectivity index (χ0v) is 11.1. The van der Waals surface area contributed by atoms with E-state index in [4.69, 9.17) is 5.73 Å². The quantitative estimate of drug-likeness (QED) is 0.702. The van der Waals surface area contributed by atoms with Crippen LogP contribution in [0.15, 0.2) is 0 Å². The highest BCUT2D eigenvalue weighted by Crippen LogP contribution is 2.22. The molecular weight excluding hydrogens is 214 g/mol.